The van der Waals surface area contributed by atoms with Crippen LogP contribution in [0.5, 0.6) is 5.75 Å². The summed E-state index contributed by atoms with van der Waals surface area (Å²) in [4.78, 5) is 11.7. The second-order valence-electron chi connectivity index (χ2n) is 5.25. The highest BCUT2D eigenvalue weighted by Crippen LogP contribution is 2.12. The molecule has 0 atom stereocenters. The van der Waals surface area contributed by atoms with E-state index in [0.717, 1.165) is 13.0 Å². The molecule has 0 aliphatic rings. The zero-order valence-corrected chi connectivity index (χ0v) is 12.2. The lowest BCUT2D eigenvalue weighted by molar-refractivity contribution is -0.124. The molecular formula is C15H24N2O2. The summed E-state index contributed by atoms with van der Waals surface area (Å²) in [5.74, 6) is 0.621. The van der Waals surface area contributed by atoms with Crippen LogP contribution in [-0.4, -0.2) is 25.1 Å². The van der Waals surface area contributed by atoms with Gasteiger partial charge in [-0.05, 0) is 45.0 Å². The second-order valence-corrected chi connectivity index (χ2v) is 5.25. The maximum absolute atomic E-state index is 11.7. The lowest BCUT2D eigenvalue weighted by Gasteiger charge is -2.24. The van der Waals surface area contributed by atoms with Crippen molar-refractivity contribution in [2.24, 2.45) is 0 Å². The van der Waals surface area contributed by atoms with E-state index >= 15 is 0 Å². The largest absolute Gasteiger partial charge is 0.484 e. The van der Waals surface area contributed by atoms with Crippen molar-refractivity contribution in [1.82, 2.24) is 10.6 Å². The molecule has 19 heavy (non-hydrogen) atoms. The lowest BCUT2D eigenvalue weighted by atomic mass is 10.0. The van der Waals surface area contributed by atoms with E-state index in [0.29, 0.717) is 5.75 Å². The van der Waals surface area contributed by atoms with E-state index in [2.05, 4.69) is 10.6 Å². The SMILES string of the molecule is CCC(C)(C)NC(=O)COc1ccc(CNC)cc1. The van der Waals surface area contributed by atoms with Gasteiger partial charge >= 0.3 is 0 Å². The molecule has 0 heterocycles. The number of rotatable bonds is 7. The Balaban J connectivity index is 2.42. The van der Waals surface area contributed by atoms with Gasteiger partial charge in [0.2, 0.25) is 0 Å². The molecule has 0 aliphatic carbocycles. The summed E-state index contributed by atoms with van der Waals surface area (Å²) < 4.78 is 5.46. The van der Waals surface area contributed by atoms with Crippen LogP contribution in [0.4, 0.5) is 0 Å². The molecule has 0 aliphatic heterocycles. The summed E-state index contributed by atoms with van der Waals surface area (Å²) in [6, 6.07) is 7.73. The standard InChI is InChI=1S/C15H24N2O2/c1-5-15(2,3)17-14(18)11-19-13-8-6-12(7-9-13)10-16-4/h6-9,16H,5,10-11H2,1-4H3,(H,17,18). The molecule has 1 aromatic carbocycles. The Morgan fingerprint density at radius 2 is 1.89 bits per heavy atom. The molecule has 1 rings (SSSR count). The third-order valence-corrected chi connectivity index (χ3v) is 3.04. The van der Waals surface area contributed by atoms with Crippen molar-refractivity contribution >= 4 is 5.91 Å². The van der Waals surface area contributed by atoms with Gasteiger partial charge in [-0.25, -0.2) is 0 Å². The zero-order chi connectivity index (χ0) is 14.3. The summed E-state index contributed by atoms with van der Waals surface area (Å²) in [7, 11) is 1.91. The van der Waals surface area contributed by atoms with E-state index in [1.807, 2.05) is 52.1 Å². The molecule has 0 aromatic heterocycles. The first-order valence-corrected chi connectivity index (χ1v) is 6.64. The molecule has 106 valence electrons. The molecular weight excluding hydrogens is 240 g/mol. The maximum Gasteiger partial charge on any atom is 0.258 e. The van der Waals surface area contributed by atoms with Gasteiger partial charge in [-0.3, -0.25) is 4.79 Å². The van der Waals surface area contributed by atoms with Crippen LogP contribution >= 0.6 is 0 Å². The molecule has 0 unspecified atom stereocenters. The van der Waals surface area contributed by atoms with Crippen molar-refractivity contribution in [3.05, 3.63) is 29.8 Å². The zero-order valence-electron chi connectivity index (χ0n) is 12.2. The van der Waals surface area contributed by atoms with Crippen molar-refractivity contribution in [2.75, 3.05) is 13.7 Å². The Bertz CT molecular complexity index is 399. The summed E-state index contributed by atoms with van der Waals surface area (Å²) in [5.41, 5.74) is 1.00. The topological polar surface area (TPSA) is 50.4 Å². The maximum atomic E-state index is 11.7. The molecule has 0 saturated heterocycles. The Hall–Kier alpha value is -1.55. The minimum Gasteiger partial charge on any atom is -0.484 e. The Morgan fingerprint density at radius 1 is 1.26 bits per heavy atom. The van der Waals surface area contributed by atoms with Gasteiger partial charge in [0, 0.05) is 12.1 Å². The molecule has 0 bridgehead atoms. The van der Waals surface area contributed by atoms with Gasteiger partial charge in [-0.1, -0.05) is 19.1 Å². The molecule has 2 N–H and O–H groups in total. The number of carbonyl (C=O) groups excluding carboxylic acids is 1. The van der Waals surface area contributed by atoms with Crippen molar-refractivity contribution in [3.63, 3.8) is 0 Å². The Morgan fingerprint density at radius 3 is 2.42 bits per heavy atom. The smallest absolute Gasteiger partial charge is 0.258 e. The third kappa shape index (κ3) is 5.75. The van der Waals surface area contributed by atoms with Gasteiger partial charge < -0.3 is 15.4 Å². The Labute approximate surface area is 115 Å². The van der Waals surface area contributed by atoms with Crippen LogP contribution in [0.3, 0.4) is 0 Å². The van der Waals surface area contributed by atoms with Gasteiger partial charge in [0.05, 0.1) is 0 Å². The van der Waals surface area contributed by atoms with Crippen molar-refractivity contribution in [1.29, 1.82) is 0 Å². The van der Waals surface area contributed by atoms with Gasteiger partial charge in [0.25, 0.3) is 5.91 Å². The third-order valence-electron chi connectivity index (χ3n) is 3.04. The fraction of sp³-hybridized carbons (Fsp3) is 0.533. The van der Waals surface area contributed by atoms with E-state index < -0.39 is 0 Å². The molecule has 4 heteroatoms. The van der Waals surface area contributed by atoms with Gasteiger partial charge in [0.1, 0.15) is 5.75 Å². The van der Waals surface area contributed by atoms with Crippen LogP contribution in [0.25, 0.3) is 0 Å². The minimum absolute atomic E-state index is 0.0504. The summed E-state index contributed by atoms with van der Waals surface area (Å²) in [5, 5.41) is 6.01. The molecule has 4 nitrogen and oxygen atoms in total. The first-order valence-electron chi connectivity index (χ1n) is 6.64. The lowest BCUT2D eigenvalue weighted by Crippen LogP contribution is -2.44. The van der Waals surface area contributed by atoms with Gasteiger partial charge in [-0.2, -0.15) is 0 Å². The monoisotopic (exact) mass is 264 g/mol. The second kappa shape index (κ2) is 7.14. The number of carbonyl (C=O) groups is 1. The van der Waals surface area contributed by atoms with E-state index in [1.165, 1.54) is 5.56 Å². The van der Waals surface area contributed by atoms with E-state index in [9.17, 15) is 4.79 Å². The van der Waals surface area contributed by atoms with Crippen LogP contribution < -0.4 is 15.4 Å². The number of hydrogen-bond acceptors (Lipinski definition) is 3. The predicted octanol–water partition coefficient (Wildman–Crippen LogP) is 2.09. The minimum atomic E-state index is -0.183. The molecule has 0 fully saturated rings. The van der Waals surface area contributed by atoms with Crippen LogP contribution in [0, 0.1) is 0 Å². The number of amides is 1. The molecule has 0 spiro atoms. The molecule has 1 aromatic rings. The van der Waals surface area contributed by atoms with E-state index in [-0.39, 0.29) is 18.1 Å². The van der Waals surface area contributed by atoms with Gasteiger partial charge in [-0.15, -0.1) is 0 Å². The number of nitrogens with one attached hydrogen (secondary N) is 2. The summed E-state index contributed by atoms with van der Waals surface area (Å²) in [6.45, 7) is 6.91. The van der Waals surface area contributed by atoms with Crippen LogP contribution in [-0.2, 0) is 11.3 Å². The van der Waals surface area contributed by atoms with Crippen LogP contribution in [0.2, 0.25) is 0 Å². The highest BCUT2D eigenvalue weighted by molar-refractivity contribution is 5.78. The molecule has 1 amide bonds. The summed E-state index contributed by atoms with van der Waals surface area (Å²) >= 11 is 0. The highest BCUT2D eigenvalue weighted by Gasteiger charge is 2.17. The molecule has 0 radical (unpaired) electrons. The van der Waals surface area contributed by atoms with E-state index in [4.69, 9.17) is 4.74 Å². The average molecular weight is 264 g/mol. The van der Waals surface area contributed by atoms with E-state index in [1.54, 1.807) is 0 Å². The predicted molar refractivity (Wildman–Crippen MR) is 77.2 cm³/mol. The van der Waals surface area contributed by atoms with Crippen LogP contribution in [0.1, 0.15) is 32.8 Å². The fourth-order valence-corrected chi connectivity index (χ4v) is 1.56. The number of ether oxygens (including phenoxy) is 1. The normalized spacial score (nSPS) is 11.2. The summed E-state index contributed by atoms with van der Waals surface area (Å²) in [6.07, 6.45) is 0.886. The van der Waals surface area contributed by atoms with Crippen molar-refractivity contribution in [3.8, 4) is 5.75 Å². The fourth-order valence-electron chi connectivity index (χ4n) is 1.56. The van der Waals surface area contributed by atoms with Crippen molar-refractivity contribution < 1.29 is 9.53 Å². The number of benzene rings is 1. The first kappa shape index (κ1) is 15.5. The number of hydrogen-bond donors (Lipinski definition) is 2. The van der Waals surface area contributed by atoms with Crippen LogP contribution in [0.15, 0.2) is 24.3 Å². The molecule has 0 saturated carbocycles. The quantitative estimate of drug-likeness (QED) is 0.793. The average Bonchev–Trinajstić information content (AvgIpc) is 2.38. The Kier molecular flexibility index (Phi) is 5.83. The first-order chi connectivity index (χ1) is 8.96. The highest BCUT2D eigenvalue weighted by atomic mass is 16.5. The van der Waals surface area contributed by atoms with Crippen molar-refractivity contribution in [2.45, 2.75) is 39.3 Å². The van der Waals surface area contributed by atoms with Gasteiger partial charge in [0.15, 0.2) is 6.61 Å².